The van der Waals surface area contributed by atoms with Gasteiger partial charge in [0.15, 0.2) is 24.1 Å². The van der Waals surface area contributed by atoms with Crippen LogP contribution < -0.4 is 0 Å². The lowest BCUT2D eigenvalue weighted by molar-refractivity contribution is -0.356. The molecule has 1 aliphatic carbocycles. The molecule has 4 aliphatic rings. The summed E-state index contributed by atoms with van der Waals surface area (Å²) in [5.74, 6) is -2.24. The Morgan fingerprint density at radius 3 is 2.57 bits per heavy atom. The van der Waals surface area contributed by atoms with Crippen LogP contribution >= 0.6 is 0 Å². The molecule has 0 radical (unpaired) electrons. The third-order valence-corrected chi connectivity index (χ3v) is 7.57. The van der Waals surface area contributed by atoms with Gasteiger partial charge in [-0.25, -0.2) is 4.79 Å². The van der Waals surface area contributed by atoms with Crippen LogP contribution in [0.2, 0.25) is 0 Å². The van der Waals surface area contributed by atoms with Gasteiger partial charge in [0.25, 0.3) is 0 Å². The molecule has 11 unspecified atom stereocenters. The highest BCUT2D eigenvalue weighted by Gasteiger charge is 2.77. The minimum Gasteiger partial charge on any atom is -0.504 e. The monoisotopic (exact) mass is 526 g/mol. The smallest absolute Gasteiger partial charge is 0.331 e. The van der Waals surface area contributed by atoms with Crippen LogP contribution in [-0.2, 0) is 28.5 Å². The van der Waals surface area contributed by atoms with Crippen LogP contribution in [0.4, 0.5) is 0 Å². The van der Waals surface area contributed by atoms with Gasteiger partial charge < -0.3 is 59.4 Å². The van der Waals surface area contributed by atoms with Gasteiger partial charge in [0.05, 0.1) is 25.7 Å². The highest BCUT2D eigenvalue weighted by Crippen LogP contribution is 2.61. The second kappa shape index (κ2) is 10.1. The summed E-state index contributed by atoms with van der Waals surface area (Å²) in [5.41, 5.74) is -0.649. The summed E-state index contributed by atoms with van der Waals surface area (Å²) in [6.07, 6.45) is -6.80. The van der Waals surface area contributed by atoms with Gasteiger partial charge in [0.1, 0.15) is 42.2 Å². The molecule has 0 spiro atoms. The van der Waals surface area contributed by atoms with Crippen LogP contribution in [-0.4, -0.2) is 116 Å². The Kier molecular flexibility index (Phi) is 7.17. The molecule has 1 aromatic carbocycles. The first kappa shape index (κ1) is 26.3. The van der Waals surface area contributed by atoms with Crippen molar-refractivity contribution in [2.45, 2.75) is 61.2 Å². The number of aromatic hydroxyl groups is 2. The highest BCUT2D eigenvalue weighted by atomic mass is 16.8. The number of esters is 1. The zero-order chi connectivity index (χ0) is 26.5. The molecule has 3 aliphatic heterocycles. The van der Waals surface area contributed by atoms with Crippen molar-refractivity contribution < 1.29 is 64.2 Å². The molecule has 0 aromatic heterocycles. The fraction of sp³-hybridized carbons (Fsp3) is 0.625. The molecule has 1 aromatic rings. The van der Waals surface area contributed by atoms with E-state index in [4.69, 9.17) is 23.7 Å². The Hall–Kier alpha value is -2.33. The number of rotatable bonds is 7. The topological polar surface area (TPSA) is 208 Å². The van der Waals surface area contributed by atoms with Gasteiger partial charge in [-0.15, -0.1) is 0 Å². The summed E-state index contributed by atoms with van der Waals surface area (Å²) in [4.78, 5) is 12.6. The summed E-state index contributed by atoms with van der Waals surface area (Å²) in [5, 5.41) is 69.1. The van der Waals surface area contributed by atoms with Crippen molar-refractivity contribution in [3.8, 4) is 11.5 Å². The van der Waals surface area contributed by atoms with Gasteiger partial charge in [0.2, 0.25) is 0 Å². The summed E-state index contributed by atoms with van der Waals surface area (Å²) >= 11 is 0. The van der Waals surface area contributed by atoms with Gasteiger partial charge in [-0.1, -0.05) is 6.07 Å². The zero-order valence-corrected chi connectivity index (χ0v) is 19.6. The van der Waals surface area contributed by atoms with Crippen molar-refractivity contribution in [2.75, 3.05) is 19.8 Å². The molecule has 13 heteroatoms. The second-order valence-corrected chi connectivity index (χ2v) is 9.69. The molecule has 5 rings (SSSR count). The largest absolute Gasteiger partial charge is 0.504 e. The normalized spacial score (nSPS) is 42.8. The number of aliphatic hydroxyl groups is 5. The van der Waals surface area contributed by atoms with E-state index in [0.717, 1.165) is 0 Å². The zero-order valence-electron chi connectivity index (χ0n) is 19.6. The SMILES string of the molecule is O=C(C=Cc1ccc(O)c(O)c1)OC1C2CCOC(OC3OC(CO)C(O)C(O)C3O)C2C2(CO)OC12. The van der Waals surface area contributed by atoms with E-state index >= 15 is 0 Å². The van der Waals surface area contributed by atoms with E-state index < -0.39 is 79.9 Å². The van der Waals surface area contributed by atoms with Crippen molar-refractivity contribution >= 4 is 12.0 Å². The number of benzene rings is 1. The second-order valence-electron chi connectivity index (χ2n) is 9.69. The average Bonchev–Trinajstić information content (AvgIpc) is 3.57. The molecule has 0 bridgehead atoms. The van der Waals surface area contributed by atoms with Gasteiger partial charge in [0, 0.05) is 12.0 Å². The van der Waals surface area contributed by atoms with Crippen LogP contribution in [0, 0.1) is 11.8 Å². The number of hydrogen-bond acceptors (Lipinski definition) is 13. The van der Waals surface area contributed by atoms with Crippen LogP contribution in [0.5, 0.6) is 11.5 Å². The summed E-state index contributed by atoms with van der Waals surface area (Å²) < 4.78 is 28.5. The first-order valence-corrected chi connectivity index (χ1v) is 12.0. The van der Waals surface area contributed by atoms with Gasteiger partial charge >= 0.3 is 5.97 Å². The summed E-state index contributed by atoms with van der Waals surface area (Å²) in [6, 6.07) is 4.07. The van der Waals surface area contributed by atoms with Crippen molar-refractivity contribution in [3.63, 3.8) is 0 Å². The lowest BCUT2D eigenvalue weighted by Gasteiger charge is -2.44. The Morgan fingerprint density at radius 2 is 1.86 bits per heavy atom. The predicted molar refractivity (Wildman–Crippen MR) is 120 cm³/mol. The van der Waals surface area contributed by atoms with Crippen molar-refractivity contribution in [3.05, 3.63) is 29.8 Å². The molecule has 11 atom stereocenters. The van der Waals surface area contributed by atoms with Gasteiger partial charge in [-0.2, -0.15) is 0 Å². The van der Waals surface area contributed by atoms with E-state index in [1.165, 1.54) is 30.4 Å². The minimum atomic E-state index is -1.64. The molecule has 13 nitrogen and oxygen atoms in total. The molecule has 3 saturated heterocycles. The lowest BCUT2D eigenvalue weighted by atomic mass is 9.83. The maximum Gasteiger partial charge on any atom is 0.331 e. The number of carbonyl (C=O) groups excluding carboxylic acids is 1. The number of aliphatic hydroxyl groups excluding tert-OH is 5. The first-order chi connectivity index (χ1) is 17.7. The first-order valence-electron chi connectivity index (χ1n) is 12.0. The third-order valence-electron chi connectivity index (χ3n) is 7.57. The van der Waals surface area contributed by atoms with Crippen LogP contribution in [0.3, 0.4) is 0 Å². The maximum absolute atomic E-state index is 12.6. The summed E-state index contributed by atoms with van der Waals surface area (Å²) in [7, 11) is 0. The lowest BCUT2D eigenvalue weighted by Crippen LogP contribution is -2.61. The van der Waals surface area contributed by atoms with Crippen LogP contribution in [0.25, 0.3) is 6.08 Å². The Morgan fingerprint density at radius 1 is 1.08 bits per heavy atom. The van der Waals surface area contributed by atoms with E-state index in [1.807, 2.05) is 0 Å². The molecular weight excluding hydrogens is 496 g/mol. The fourth-order valence-corrected chi connectivity index (χ4v) is 5.61. The van der Waals surface area contributed by atoms with Gasteiger partial charge in [-0.3, -0.25) is 0 Å². The average molecular weight is 526 g/mol. The molecule has 3 heterocycles. The Labute approximate surface area is 211 Å². The van der Waals surface area contributed by atoms with E-state index in [0.29, 0.717) is 12.0 Å². The Bertz CT molecular complexity index is 1030. The van der Waals surface area contributed by atoms with Crippen molar-refractivity contribution in [2.24, 2.45) is 11.8 Å². The predicted octanol–water partition coefficient (Wildman–Crippen LogP) is -2.04. The van der Waals surface area contributed by atoms with Crippen molar-refractivity contribution in [1.29, 1.82) is 0 Å². The van der Waals surface area contributed by atoms with E-state index in [1.54, 1.807) is 0 Å². The standard InChI is InChI=1S/C24H30O13/c25-8-14-17(30)18(31)19(32)23(34-14)36-22-16-11(5-6-33-22)20(21-24(16,9-26)37-21)35-15(29)4-2-10-1-3-12(27)13(28)7-10/h1-4,7,11,14,16-23,25-28,30-32H,5-6,8-9H2. The third kappa shape index (κ3) is 4.60. The number of carbonyl (C=O) groups is 1. The molecule has 37 heavy (non-hydrogen) atoms. The van der Waals surface area contributed by atoms with E-state index in [9.17, 15) is 40.5 Å². The maximum atomic E-state index is 12.6. The molecule has 0 amide bonds. The molecule has 1 saturated carbocycles. The highest BCUT2D eigenvalue weighted by molar-refractivity contribution is 5.87. The molecule has 204 valence electrons. The summed E-state index contributed by atoms with van der Waals surface area (Å²) in [6.45, 7) is -0.828. The quantitative estimate of drug-likeness (QED) is 0.0885. The van der Waals surface area contributed by atoms with Crippen LogP contribution in [0.15, 0.2) is 24.3 Å². The number of phenolic OH excluding ortho intramolecular Hbond substituents is 2. The molecular formula is C24H30O13. The number of hydrogen-bond donors (Lipinski definition) is 7. The number of phenols is 2. The van der Waals surface area contributed by atoms with Crippen molar-refractivity contribution in [1.82, 2.24) is 0 Å². The number of ether oxygens (including phenoxy) is 5. The molecule has 4 fully saturated rings. The number of fused-ring (bicyclic) bond motifs is 3. The Balaban J connectivity index is 1.29. The van der Waals surface area contributed by atoms with E-state index in [-0.39, 0.29) is 24.0 Å². The molecule has 7 N–H and O–H groups in total. The van der Waals surface area contributed by atoms with Crippen LogP contribution in [0.1, 0.15) is 12.0 Å². The minimum absolute atomic E-state index is 0.203. The fourth-order valence-electron chi connectivity index (χ4n) is 5.61. The van der Waals surface area contributed by atoms with E-state index in [2.05, 4.69) is 0 Å². The van der Waals surface area contributed by atoms with Gasteiger partial charge in [-0.05, 0) is 30.2 Å². The number of epoxide rings is 1.